The Labute approximate surface area is 143 Å². The molecule has 0 aromatic carbocycles. The molecule has 4 saturated carbocycles. The van der Waals surface area contributed by atoms with Gasteiger partial charge in [-0.25, -0.2) is 0 Å². The third-order valence-corrected chi connectivity index (χ3v) is 9.75. The van der Waals surface area contributed by atoms with Gasteiger partial charge < -0.3 is 5.11 Å². The summed E-state index contributed by atoms with van der Waals surface area (Å²) in [5.41, 5.74) is 1.18. The number of fused-ring (bicyclic) bond motifs is 5. The molecule has 9 atom stereocenters. The molecule has 0 heterocycles. The van der Waals surface area contributed by atoms with Crippen LogP contribution in [0.1, 0.15) is 85.5 Å². The molecule has 132 valence electrons. The molecule has 0 amide bonds. The first-order valence-corrected chi connectivity index (χ1v) is 10.6. The van der Waals surface area contributed by atoms with Gasteiger partial charge in [-0.2, -0.15) is 0 Å². The zero-order valence-corrected chi connectivity index (χ0v) is 15.9. The molecule has 0 radical (unpaired) electrons. The molecule has 0 aliphatic heterocycles. The summed E-state index contributed by atoms with van der Waals surface area (Å²) < 4.78 is 0. The Morgan fingerprint density at radius 3 is 2.39 bits per heavy atom. The Balaban J connectivity index is 1.60. The Morgan fingerprint density at radius 1 is 0.957 bits per heavy atom. The quantitative estimate of drug-likeness (QED) is 0.696. The van der Waals surface area contributed by atoms with Crippen LogP contribution in [-0.2, 0) is 0 Å². The van der Waals surface area contributed by atoms with Gasteiger partial charge in [-0.15, -0.1) is 0 Å². The van der Waals surface area contributed by atoms with E-state index in [9.17, 15) is 5.11 Å². The minimum Gasteiger partial charge on any atom is -0.393 e. The zero-order chi connectivity index (χ0) is 16.4. The van der Waals surface area contributed by atoms with Crippen molar-refractivity contribution in [2.24, 2.45) is 46.3 Å². The highest BCUT2D eigenvalue weighted by atomic mass is 16.3. The molecule has 0 bridgehead atoms. The molecule has 23 heavy (non-hydrogen) atoms. The maximum Gasteiger partial charge on any atom is 0.0543 e. The van der Waals surface area contributed by atoms with E-state index >= 15 is 0 Å². The average molecular weight is 319 g/mol. The van der Waals surface area contributed by atoms with Gasteiger partial charge in [-0.3, -0.25) is 0 Å². The van der Waals surface area contributed by atoms with Crippen molar-refractivity contribution in [2.45, 2.75) is 91.6 Å². The van der Waals surface area contributed by atoms with E-state index in [1.807, 2.05) is 0 Å². The Kier molecular flexibility index (Phi) is 3.91. The maximum absolute atomic E-state index is 10.2. The summed E-state index contributed by atoms with van der Waals surface area (Å²) in [6.07, 6.45) is 12.2. The lowest BCUT2D eigenvalue weighted by Gasteiger charge is -2.51. The van der Waals surface area contributed by atoms with Crippen LogP contribution in [0.3, 0.4) is 0 Å². The molecule has 0 aromatic rings. The summed E-state index contributed by atoms with van der Waals surface area (Å²) >= 11 is 0. The minimum atomic E-state index is -0.00366. The highest BCUT2D eigenvalue weighted by Gasteiger charge is 2.62. The Hall–Kier alpha value is -0.0400. The molecule has 4 aliphatic rings. The summed E-state index contributed by atoms with van der Waals surface area (Å²) in [5.74, 6) is 5.62. The topological polar surface area (TPSA) is 20.2 Å². The molecule has 0 aromatic heterocycles. The maximum atomic E-state index is 10.2. The summed E-state index contributed by atoms with van der Waals surface area (Å²) in [4.78, 5) is 0. The predicted octanol–water partition coefficient (Wildman–Crippen LogP) is 5.66. The minimum absolute atomic E-state index is 0.00366. The predicted molar refractivity (Wildman–Crippen MR) is 96.1 cm³/mol. The lowest BCUT2D eigenvalue weighted by Crippen LogP contribution is -2.44. The second-order valence-corrected chi connectivity index (χ2v) is 10.4. The van der Waals surface area contributed by atoms with E-state index in [4.69, 9.17) is 0 Å². The van der Waals surface area contributed by atoms with E-state index in [2.05, 4.69) is 27.7 Å². The van der Waals surface area contributed by atoms with Gasteiger partial charge in [0.15, 0.2) is 0 Å². The van der Waals surface area contributed by atoms with E-state index in [1.54, 1.807) is 0 Å². The molecule has 0 spiro atoms. The van der Waals surface area contributed by atoms with Crippen LogP contribution in [0.2, 0.25) is 0 Å². The monoisotopic (exact) mass is 318 g/mol. The van der Waals surface area contributed by atoms with Crippen molar-refractivity contribution in [1.82, 2.24) is 0 Å². The third-order valence-electron chi connectivity index (χ3n) is 9.75. The van der Waals surface area contributed by atoms with Gasteiger partial charge >= 0.3 is 0 Å². The van der Waals surface area contributed by atoms with Crippen molar-refractivity contribution in [3.05, 3.63) is 0 Å². The molecule has 1 heteroatoms. The van der Waals surface area contributed by atoms with Crippen molar-refractivity contribution < 1.29 is 5.11 Å². The third kappa shape index (κ3) is 2.21. The molecule has 4 fully saturated rings. The summed E-state index contributed by atoms with van der Waals surface area (Å²) in [6, 6.07) is 0. The average Bonchev–Trinajstić information content (AvgIpc) is 3.01. The second kappa shape index (κ2) is 5.48. The fourth-order valence-electron chi connectivity index (χ4n) is 8.27. The fraction of sp³-hybridized carbons (Fsp3) is 1.00. The van der Waals surface area contributed by atoms with Crippen LogP contribution in [0.5, 0.6) is 0 Å². The van der Waals surface area contributed by atoms with Gasteiger partial charge in [0.2, 0.25) is 0 Å². The van der Waals surface area contributed by atoms with Crippen LogP contribution >= 0.6 is 0 Å². The van der Waals surface area contributed by atoms with Gasteiger partial charge in [0, 0.05) is 0 Å². The number of hydrogen-bond acceptors (Lipinski definition) is 1. The van der Waals surface area contributed by atoms with E-state index in [-0.39, 0.29) is 6.10 Å². The van der Waals surface area contributed by atoms with Crippen molar-refractivity contribution >= 4 is 0 Å². The van der Waals surface area contributed by atoms with Crippen LogP contribution in [0, 0.1) is 46.3 Å². The molecule has 8 unspecified atom stereocenters. The molecule has 1 nitrogen and oxygen atoms in total. The number of rotatable bonds is 2. The number of hydrogen-bond donors (Lipinski definition) is 1. The van der Waals surface area contributed by atoms with Gasteiger partial charge in [0.05, 0.1) is 6.10 Å². The number of aliphatic hydroxyl groups excluding tert-OH is 1. The Morgan fingerprint density at radius 2 is 1.65 bits per heavy atom. The first kappa shape index (κ1) is 16.4. The van der Waals surface area contributed by atoms with E-state index < -0.39 is 0 Å². The normalized spacial score (nSPS) is 56.7. The first-order chi connectivity index (χ1) is 10.9. The molecular formula is C22H38O. The molecule has 4 aliphatic carbocycles. The van der Waals surface area contributed by atoms with Crippen LogP contribution in [0.15, 0.2) is 0 Å². The van der Waals surface area contributed by atoms with Crippen LogP contribution in [-0.4, -0.2) is 11.2 Å². The molecular weight excluding hydrogens is 280 g/mol. The lowest BCUT2D eigenvalue weighted by atomic mass is 9.54. The van der Waals surface area contributed by atoms with Gasteiger partial charge in [0.1, 0.15) is 0 Å². The number of aliphatic hydroxyl groups is 1. The fourth-order valence-corrected chi connectivity index (χ4v) is 8.27. The highest BCUT2D eigenvalue weighted by molar-refractivity contribution is 5.11. The molecule has 0 saturated heterocycles. The summed E-state index contributed by atoms with van der Waals surface area (Å²) in [7, 11) is 0. The van der Waals surface area contributed by atoms with E-state index in [1.165, 1.54) is 44.9 Å². The first-order valence-electron chi connectivity index (χ1n) is 10.6. The van der Waals surface area contributed by atoms with Crippen molar-refractivity contribution in [2.75, 3.05) is 0 Å². The summed E-state index contributed by atoms with van der Waals surface area (Å²) in [5, 5.41) is 10.2. The van der Waals surface area contributed by atoms with Gasteiger partial charge in [0.25, 0.3) is 0 Å². The van der Waals surface area contributed by atoms with Crippen LogP contribution in [0.4, 0.5) is 0 Å². The standard InChI is InChI=1S/C22H38O/c1-5-14(2)18-6-7-19-17-13-15-12-16(23)8-10-21(15,3)20(17)9-11-22(18,19)4/h14-20,23H,5-13H2,1-4H3/t14?,15?,16?,17?,18?,19?,20?,21-,22?/m0/s1. The highest BCUT2D eigenvalue weighted by Crippen LogP contribution is 2.70. The van der Waals surface area contributed by atoms with E-state index in [0.29, 0.717) is 10.8 Å². The van der Waals surface area contributed by atoms with Crippen molar-refractivity contribution in [3.63, 3.8) is 0 Å². The molecule has 1 N–H and O–H groups in total. The smallest absolute Gasteiger partial charge is 0.0543 e. The van der Waals surface area contributed by atoms with Gasteiger partial charge in [-0.1, -0.05) is 34.1 Å². The van der Waals surface area contributed by atoms with Crippen molar-refractivity contribution in [1.29, 1.82) is 0 Å². The Bertz CT molecular complexity index is 459. The largest absolute Gasteiger partial charge is 0.393 e. The lowest BCUT2D eigenvalue weighted by molar-refractivity contribution is -0.0358. The van der Waals surface area contributed by atoms with Crippen LogP contribution < -0.4 is 0 Å². The second-order valence-electron chi connectivity index (χ2n) is 10.4. The van der Waals surface area contributed by atoms with Crippen molar-refractivity contribution in [3.8, 4) is 0 Å². The van der Waals surface area contributed by atoms with Crippen LogP contribution in [0.25, 0.3) is 0 Å². The zero-order valence-electron chi connectivity index (χ0n) is 15.9. The van der Waals surface area contributed by atoms with E-state index in [0.717, 1.165) is 48.3 Å². The molecule has 4 rings (SSSR count). The van der Waals surface area contributed by atoms with Gasteiger partial charge in [-0.05, 0) is 97.7 Å². The SMILES string of the molecule is CCC(C)C1CCC2C3CC4CC(O)CC[C@]4(C)C3CCC12C. The summed E-state index contributed by atoms with van der Waals surface area (Å²) in [6.45, 7) is 10.2.